The van der Waals surface area contributed by atoms with Gasteiger partial charge in [-0.25, -0.2) is 4.79 Å². The van der Waals surface area contributed by atoms with E-state index in [0.29, 0.717) is 23.9 Å². The number of rotatable bonds is 4. The Hall–Kier alpha value is -1.33. The van der Waals surface area contributed by atoms with Crippen LogP contribution < -0.4 is 5.32 Å². The van der Waals surface area contributed by atoms with E-state index in [4.69, 9.17) is 9.15 Å². The topological polar surface area (TPSA) is 54.7 Å². The van der Waals surface area contributed by atoms with E-state index in [-0.39, 0.29) is 5.97 Å². The molecular formula is C16H24N2O3. The molecule has 0 aliphatic carbocycles. The van der Waals surface area contributed by atoms with Crippen molar-refractivity contribution in [2.45, 2.75) is 51.2 Å². The average molecular weight is 292 g/mol. The second kappa shape index (κ2) is 6.20. The van der Waals surface area contributed by atoms with Gasteiger partial charge >= 0.3 is 5.97 Å². The van der Waals surface area contributed by atoms with Crippen molar-refractivity contribution in [3.63, 3.8) is 0 Å². The van der Waals surface area contributed by atoms with Gasteiger partial charge in [0.2, 0.25) is 0 Å². The molecule has 5 nitrogen and oxygen atoms in total. The van der Waals surface area contributed by atoms with Crippen LogP contribution in [0.1, 0.15) is 47.6 Å². The molecule has 2 fully saturated rings. The van der Waals surface area contributed by atoms with Crippen LogP contribution in [0.4, 0.5) is 0 Å². The summed E-state index contributed by atoms with van der Waals surface area (Å²) in [5.74, 6) is 1.10. The molecule has 0 saturated carbocycles. The lowest BCUT2D eigenvalue weighted by atomic mass is 9.97. The summed E-state index contributed by atoms with van der Waals surface area (Å²) in [6.07, 6.45) is 5.10. The van der Waals surface area contributed by atoms with E-state index < -0.39 is 0 Å². The summed E-state index contributed by atoms with van der Waals surface area (Å²) in [4.78, 5) is 14.2. The van der Waals surface area contributed by atoms with Crippen molar-refractivity contribution in [3.8, 4) is 0 Å². The maximum absolute atomic E-state index is 11.6. The van der Waals surface area contributed by atoms with Crippen molar-refractivity contribution in [3.05, 3.63) is 23.2 Å². The number of nitrogens with one attached hydrogen (secondary N) is 1. The fourth-order valence-corrected chi connectivity index (χ4v) is 3.60. The van der Waals surface area contributed by atoms with Crippen molar-refractivity contribution in [2.75, 3.05) is 20.2 Å². The van der Waals surface area contributed by atoms with Gasteiger partial charge in [-0.2, -0.15) is 0 Å². The Labute approximate surface area is 125 Å². The Morgan fingerprint density at radius 3 is 3.14 bits per heavy atom. The number of hydrogen-bond acceptors (Lipinski definition) is 5. The van der Waals surface area contributed by atoms with Crippen LogP contribution in [0.3, 0.4) is 0 Å². The molecule has 3 heterocycles. The second-order valence-electron chi connectivity index (χ2n) is 6.11. The lowest BCUT2D eigenvalue weighted by Crippen LogP contribution is -2.45. The van der Waals surface area contributed by atoms with Gasteiger partial charge in [-0.05, 0) is 51.8 Å². The Morgan fingerprint density at radius 1 is 1.48 bits per heavy atom. The summed E-state index contributed by atoms with van der Waals surface area (Å²) in [5, 5.41) is 3.58. The molecule has 2 aliphatic rings. The van der Waals surface area contributed by atoms with Crippen molar-refractivity contribution in [1.82, 2.24) is 10.2 Å². The zero-order chi connectivity index (χ0) is 14.8. The van der Waals surface area contributed by atoms with E-state index in [1.165, 1.54) is 45.9 Å². The highest BCUT2D eigenvalue weighted by Gasteiger charge is 2.31. The number of carbonyl (C=O) groups excluding carboxylic acids is 1. The Bertz CT molecular complexity index is 512. The standard InChI is InChI=1S/C16H24N2O3/c1-11-15(16(19)20-2)9-14(21-11)10-17-12-5-7-18-6-3-4-13(18)8-12/h9,12-13,17H,3-8,10H2,1-2H3. The average Bonchev–Trinajstić information content (AvgIpc) is 3.10. The van der Waals surface area contributed by atoms with E-state index in [9.17, 15) is 4.79 Å². The number of fused-ring (bicyclic) bond motifs is 1. The van der Waals surface area contributed by atoms with Crippen LogP contribution in [0.5, 0.6) is 0 Å². The molecule has 2 unspecified atom stereocenters. The normalized spacial score (nSPS) is 25.8. The van der Waals surface area contributed by atoms with Crippen LogP contribution in [0, 0.1) is 6.92 Å². The molecule has 2 saturated heterocycles. The number of aryl methyl sites for hydroxylation is 1. The lowest BCUT2D eigenvalue weighted by Gasteiger charge is -2.35. The van der Waals surface area contributed by atoms with E-state index in [1.807, 2.05) is 0 Å². The van der Waals surface area contributed by atoms with Gasteiger partial charge in [-0.1, -0.05) is 0 Å². The summed E-state index contributed by atoms with van der Waals surface area (Å²) in [7, 11) is 1.39. The molecule has 0 bridgehead atoms. The minimum Gasteiger partial charge on any atom is -0.465 e. The highest BCUT2D eigenvalue weighted by atomic mass is 16.5. The quantitative estimate of drug-likeness (QED) is 0.861. The molecule has 2 aliphatic heterocycles. The van der Waals surface area contributed by atoms with E-state index in [1.54, 1.807) is 13.0 Å². The minimum atomic E-state index is -0.332. The van der Waals surface area contributed by atoms with Crippen molar-refractivity contribution in [2.24, 2.45) is 0 Å². The van der Waals surface area contributed by atoms with Crippen LogP contribution in [0.2, 0.25) is 0 Å². The van der Waals surface area contributed by atoms with Crippen molar-refractivity contribution < 1.29 is 13.9 Å². The Kier molecular flexibility index (Phi) is 4.31. The van der Waals surface area contributed by atoms with Gasteiger partial charge in [0.1, 0.15) is 17.1 Å². The minimum absolute atomic E-state index is 0.332. The van der Waals surface area contributed by atoms with E-state index >= 15 is 0 Å². The Balaban J connectivity index is 1.54. The molecular weight excluding hydrogens is 268 g/mol. The molecule has 1 N–H and O–H groups in total. The third-order valence-corrected chi connectivity index (χ3v) is 4.76. The van der Waals surface area contributed by atoms with Gasteiger partial charge in [0.05, 0.1) is 13.7 Å². The van der Waals surface area contributed by atoms with Crippen LogP contribution >= 0.6 is 0 Å². The summed E-state index contributed by atoms with van der Waals surface area (Å²) in [6, 6.07) is 3.11. The maximum atomic E-state index is 11.6. The molecule has 5 heteroatoms. The molecule has 1 aromatic heterocycles. The van der Waals surface area contributed by atoms with Gasteiger partial charge in [0.25, 0.3) is 0 Å². The highest BCUT2D eigenvalue weighted by molar-refractivity contribution is 5.90. The fourth-order valence-electron chi connectivity index (χ4n) is 3.60. The van der Waals surface area contributed by atoms with Crippen LogP contribution in [0.15, 0.2) is 10.5 Å². The third kappa shape index (κ3) is 3.14. The number of piperidine rings is 1. The first-order chi connectivity index (χ1) is 10.2. The molecule has 21 heavy (non-hydrogen) atoms. The van der Waals surface area contributed by atoms with E-state index in [0.717, 1.165) is 11.8 Å². The monoisotopic (exact) mass is 292 g/mol. The van der Waals surface area contributed by atoms with Crippen molar-refractivity contribution in [1.29, 1.82) is 0 Å². The predicted octanol–water partition coefficient (Wildman–Crippen LogP) is 2.09. The van der Waals surface area contributed by atoms with Gasteiger partial charge in [-0.3, -0.25) is 0 Å². The highest BCUT2D eigenvalue weighted by Crippen LogP contribution is 2.27. The fraction of sp³-hybridized carbons (Fsp3) is 0.688. The largest absolute Gasteiger partial charge is 0.465 e. The molecule has 116 valence electrons. The molecule has 1 aromatic rings. The predicted molar refractivity (Wildman–Crippen MR) is 79.2 cm³/mol. The smallest absolute Gasteiger partial charge is 0.341 e. The first-order valence-corrected chi connectivity index (χ1v) is 7.82. The van der Waals surface area contributed by atoms with Gasteiger partial charge in [-0.15, -0.1) is 0 Å². The lowest BCUT2D eigenvalue weighted by molar-refractivity contribution is 0.0599. The molecule has 3 rings (SSSR count). The molecule has 0 radical (unpaired) electrons. The van der Waals surface area contributed by atoms with Gasteiger partial charge in [0, 0.05) is 12.1 Å². The molecule has 0 amide bonds. The van der Waals surface area contributed by atoms with Crippen LogP contribution in [-0.2, 0) is 11.3 Å². The zero-order valence-electron chi connectivity index (χ0n) is 12.9. The Morgan fingerprint density at radius 2 is 2.33 bits per heavy atom. The second-order valence-corrected chi connectivity index (χ2v) is 6.11. The number of nitrogens with zero attached hydrogens (tertiary/aromatic N) is 1. The van der Waals surface area contributed by atoms with Crippen molar-refractivity contribution >= 4 is 5.97 Å². The number of carbonyl (C=O) groups is 1. The first-order valence-electron chi connectivity index (χ1n) is 7.82. The van der Waals surface area contributed by atoms with Gasteiger partial charge < -0.3 is 19.4 Å². The van der Waals surface area contributed by atoms with E-state index in [2.05, 4.69) is 10.2 Å². The maximum Gasteiger partial charge on any atom is 0.341 e. The van der Waals surface area contributed by atoms with Gasteiger partial charge in [0.15, 0.2) is 0 Å². The third-order valence-electron chi connectivity index (χ3n) is 4.76. The summed E-state index contributed by atoms with van der Waals surface area (Å²) in [5.41, 5.74) is 0.528. The molecule has 0 spiro atoms. The number of ether oxygens (including phenoxy) is 1. The molecule has 0 aromatic carbocycles. The summed E-state index contributed by atoms with van der Waals surface area (Å²) >= 11 is 0. The zero-order valence-corrected chi connectivity index (χ0v) is 12.9. The first kappa shape index (κ1) is 14.6. The number of furan rings is 1. The number of hydrogen-bond donors (Lipinski definition) is 1. The number of methoxy groups -OCH3 is 1. The SMILES string of the molecule is COC(=O)c1cc(CNC2CCN3CCCC3C2)oc1C. The summed E-state index contributed by atoms with van der Waals surface area (Å²) in [6.45, 7) is 4.95. The van der Waals surface area contributed by atoms with Crippen LogP contribution in [-0.4, -0.2) is 43.2 Å². The van der Waals surface area contributed by atoms with Crippen LogP contribution in [0.25, 0.3) is 0 Å². The number of esters is 1. The summed E-state index contributed by atoms with van der Waals surface area (Å²) < 4.78 is 10.4. The molecule has 2 atom stereocenters.